The molecule has 7 heteroatoms. The van der Waals surface area contributed by atoms with Gasteiger partial charge in [0, 0.05) is 18.7 Å². The number of thiazole rings is 1. The number of nitrogens with one attached hydrogen (secondary N) is 1. The smallest absolute Gasteiger partial charge is 0.303 e. The van der Waals surface area contributed by atoms with Gasteiger partial charge in [0.1, 0.15) is 0 Å². The number of carboxylic acids is 1. The van der Waals surface area contributed by atoms with Gasteiger partial charge in [-0.1, -0.05) is 19.9 Å². The van der Waals surface area contributed by atoms with Crippen molar-refractivity contribution in [2.24, 2.45) is 0 Å². The molecule has 6 nitrogen and oxygen atoms in total. The van der Waals surface area contributed by atoms with E-state index < -0.39 is 11.6 Å². The number of benzene rings is 2. The summed E-state index contributed by atoms with van der Waals surface area (Å²) in [7, 11) is 0. The quantitative estimate of drug-likeness (QED) is 0.386. The first kappa shape index (κ1) is 25.0. The van der Waals surface area contributed by atoms with Crippen LogP contribution in [0.15, 0.2) is 36.4 Å². The Balaban J connectivity index is 0.00000149. The monoisotopic (exact) mass is 469 g/mol. The molecule has 3 aromatic rings. The first-order chi connectivity index (χ1) is 15.7. The predicted molar refractivity (Wildman–Crippen MR) is 138 cm³/mol. The van der Waals surface area contributed by atoms with E-state index in [-0.39, 0.29) is 12.5 Å². The van der Waals surface area contributed by atoms with Gasteiger partial charge in [-0.2, -0.15) is 0 Å². The molecule has 4 rings (SSSR count). The van der Waals surface area contributed by atoms with Gasteiger partial charge in [0.25, 0.3) is 0 Å². The summed E-state index contributed by atoms with van der Waals surface area (Å²) in [5.74, 6) is -0.800. The van der Waals surface area contributed by atoms with Gasteiger partial charge in [-0.3, -0.25) is 4.79 Å². The third-order valence-electron chi connectivity index (χ3n) is 5.84. The Morgan fingerprint density at radius 2 is 2.00 bits per heavy atom. The molecule has 2 aromatic carbocycles. The van der Waals surface area contributed by atoms with Crippen molar-refractivity contribution >= 4 is 44.6 Å². The number of aliphatic hydroxyl groups is 1. The summed E-state index contributed by atoms with van der Waals surface area (Å²) < 4.78 is 1.13. The van der Waals surface area contributed by atoms with Gasteiger partial charge < -0.3 is 20.4 Å². The van der Waals surface area contributed by atoms with Crippen molar-refractivity contribution in [1.29, 1.82) is 0 Å². The molecule has 178 valence electrons. The van der Waals surface area contributed by atoms with E-state index >= 15 is 0 Å². The Hall–Kier alpha value is -2.64. The number of fused-ring (bicyclic) bond motifs is 1. The number of aromatic nitrogens is 1. The number of aliphatic carboxylic acids is 1. The zero-order valence-electron chi connectivity index (χ0n) is 20.2. The van der Waals surface area contributed by atoms with Gasteiger partial charge in [0.15, 0.2) is 0 Å². The molecule has 0 saturated carbocycles. The predicted octanol–water partition coefficient (Wildman–Crippen LogP) is 6.13. The van der Waals surface area contributed by atoms with Crippen LogP contribution in [0.1, 0.15) is 57.5 Å². The molecule has 1 aliphatic heterocycles. The van der Waals surface area contributed by atoms with E-state index in [9.17, 15) is 9.90 Å². The number of hydrogen-bond acceptors (Lipinski definition) is 6. The Labute approximate surface area is 200 Å². The van der Waals surface area contributed by atoms with Gasteiger partial charge in [0.2, 0.25) is 0 Å². The minimum Gasteiger partial charge on any atom is -0.481 e. The summed E-state index contributed by atoms with van der Waals surface area (Å²) in [6, 6.07) is 12.3. The second-order valence-corrected chi connectivity index (χ2v) is 10.0. The summed E-state index contributed by atoms with van der Waals surface area (Å²) in [5, 5.41) is 24.4. The maximum atomic E-state index is 11.0. The van der Waals surface area contributed by atoms with Crippen LogP contribution in [-0.4, -0.2) is 39.4 Å². The topological polar surface area (TPSA) is 85.7 Å². The highest BCUT2D eigenvalue weighted by Crippen LogP contribution is 2.38. The maximum Gasteiger partial charge on any atom is 0.303 e. The molecule has 0 spiro atoms. The molecule has 0 radical (unpaired) electrons. The first-order valence-electron chi connectivity index (χ1n) is 11.7. The fourth-order valence-electron chi connectivity index (χ4n) is 4.40. The third kappa shape index (κ3) is 6.03. The highest BCUT2D eigenvalue weighted by Gasteiger charge is 2.36. The number of rotatable bonds is 7. The molecule has 2 heterocycles. The number of nitrogens with zero attached hydrogens (tertiary/aromatic N) is 2. The Morgan fingerprint density at radius 3 is 2.70 bits per heavy atom. The standard InChI is InChI=1S/C24H29N3O3S.C2H6/c1-15-25-18-9-8-17(14-21(18)31-15)26-19-13-16(7-11-23(28)29)6-10-20(19)27-12-4-5-22(27)24(2,3)30;1-2/h6,8-10,13-14,22,26,30H,4-5,7,11-12H2,1-3H3,(H,28,29);1-2H3. The van der Waals surface area contributed by atoms with Crippen molar-refractivity contribution in [3.05, 3.63) is 47.0 Å². The molecule has 1 saturated heterocycles. The minimum atomic E-state index is -0.811. The van der Waals surface area contributed by atoms with Crippen LogP contribution in [0.25, 0.3) is 10.2 Å². The van der Waals surface area contributed by atoms with Crippen molar-refractivity contribution in [2.45, 2.75) is 71.9 Å². The maximum absolute atomic E-state index is 11.0. The number of aryl methyl sites for hydroxylation is 2. The van der Waals surface area contributed by atoms with Crippen LogP contribution in [0.2, 0.25) is 0 Å². The summed E-state index contributed by atoms with van der Waals surface area (Å²) in [6.07, 6.45) is 2.55. The van der Waals surface area contributed by atoms with Gasteiger partial charge in [-0.25, -0.2) is 4.98 Å². The first-order valence-corrected chi connectivity index (χ1v) is 12.5. The van der Waals surface area contributed by atoms with Crippen molar-refractivity contribution in [1.82, 2.24) is 4.98 Å². The van der Waals surface area contributed by atoms with Crippen LogP contribution in [0.3, 0.4) is 0 Å². The fourth-order valence-corrected chi connectivity index (χ4v) is 5.27. The number of carbonyl (C=O) groups is 1. The largest absolute Gasteiger partial charge is 0.481 e. The van der Waals surface area contributed by atoms with E-state index in [0.717, 1.165) is 57.2 Å². The zero-order valence-corrected chi connectivity index (χ0v) is 21.0. The number of carboxylic acid groups (broad SMARTS) is 1. The SMILES string of the molecule is CC.Cc1nc2ccc(Nc3cc(CCC(=O)O)ccc3N3CCCC3C(C)(C)O)cc2s1. The molecule has 33 heavy (non-hydrogen) atoms. The van der Waals surface area contributed by atoms with E-state index in [4.69, 9.17) is 5.11 Å². The minimum absolute atomic E-state index is 0.0320. The van der Waals surface area contributed by atoms with Gasteiger partial charge >= 0.3 is 5.97 Å². The van der Waals surface area contributed by atoms with Crippen molar-refractivity contribution < 1.29 is 15.0 Å². The second kappa shape index (κ2) is 10.5. The Bertz CT molecular complexity index is 1100. The molecular formula is C26H35N3O3S. The lowest BCUT2D eigenvalue weighted by atomic mass is 9.96. The normalized spacial score (nSPS) is 15.9. The third-order valence-corrected chi connectivity index (χ3v) is 6.77. The van der Waals surface area contributed by atoms with Crippen LogP contribution in [0.5, 0.6) is 0 Å². The number of anilines is 3. The molecule has 1 atom stereocenters. The summed E-state index contributed by atoms with van der Waals surface area (Å²) in [6.45, 7) is 10.6. The molecule has 1 aliphatic rings. The average molecular weight is 470 g/mol. The van der Waals surface area contributed by atoms with Gasteiger partial charge in [-0.05, 0) is 75.9 Å². The molecule has 0 amide bonds. The van der Waals surface area contributed by atoms with Crippen LogP contribution in [-0.2, 0) is 11.2 Å². The Kier molecular flexibility index (Phi) is 7.97. The van der Waals surface area contributed by atoms with E-state index in [0.29, 0.717) is 6.42 Å². The number of hydrogen-bond donors (Lipinski definition) is 3. The van der Waals surface area contributed by atoms with E-state index in [1.807, 2.05) is 58.9 Å². The lowest BCUT2D eigenvalue weighted by molar-refractivity contribution is -0.136. The molecular weight excluding hydrogens is 434 g/mol. The van der Waals surface area contributed by atoms with Gasteiger partial charge in [0.05, 0.1) is 38.2 Å². The molecule has 0 bridgehead atoms. The van der Waals surface area contributed by atoms with Crippen LogP contribution in [0, 0.1) is 6.92 Å². The molecule has 0 aliphatic carbocycles. The van der Waals surface area contributed by atoms with Gasteiger partial charge in [-0.15, -0.1) is 11.3 Å². The van der Waals surface area contributed by atoms with E-state index in [1.54, 1.807) is 11.3 Å². The summed E-state index contributed by atoms with van der Waals surface area (Å²) >= 11 is 1.66. The van der Waals surface area contributed by atoms with E-state index in [2.05, 4.69) is 27.3 Å². The fraction of sp³-hybridized carbons (Fsp3) is 0.462. The Morgan fingerprint density at radius 1 is 1.24 bits per heavy atom. The average Bonchev–Trinajstić information content (AvgIpc) is 3.39. The molecule has 1 unspecified atom stereocenters. The summed E-state index contributed by atoms with van der Waals surface area (Å²) in [4.78, 5) is 17.9. The molecule has 1 fully saturated rings. The van der Waals surface area contributed by atoms with Crippen LogP contribution >= 0.6 is 11.3 Å². The van der Waals surface area contributed by atoms with Crippen molar-refractivity contribution in [3.8, 4) is 0 Å². The molecule has 1 aromatic heterocycles. The van der Waals surface area contributed by atoms with Crippen molar-refractivity contribution in [3.63, 3.8) is 0 Å². The highest BCUT2D eigenvalue weighted by atomic mass is 32.1. The van der Waals surface area contributed by atoms with E-state index in [1.165, 1.54) is 0 Å². The lowest BCUT2D eigenvalue weighted by Crippen LogP contribution is -2.45. The summed E-state index contributed by atoms with van der Waals surface area (Å²) in [5.41, 5.74) is 4.08. The van der Waals surface area contributed by atoms with Crippen molar-refractivity contribution in [2.75, 3.05) is 16.8 Å². The zero-order chi connectivity index (χ0) is 24.2. The lowest BCUT2D eigenvalue weighted by Gasteiger charge is -2.36. The second-order valence-electron chi connectivity index (χ2n) is 8.79. The molecule has 3 N–H and O–H groups in total. The van der Waals surface area contributed by atoms with Crippen LogP contribution in [0.4, 0.5) is 17.1 Å². The highest BCUT2D eigenvalue weighted by molar-refractivity contribution is 7.18. The van der Waals surface area contributed by atoms with Crippen LogP contribution < -0.4 is 10.2 Å².